The molecule has 1 aromatic rings. The summed E-state index contributed by atoms with van der Waals surface area (Å²) in [7, 11) is 0. The normalized spacial score (nSPS) is 20.0. The second-order valence-corrected chi connectivity index (χ2v) is 7.35. The van der Waals surface area contributed by atoms with Gasteiger partial charge in [0.2, 0.25) is 0 Å². The van der Waals surface area contributed by atoms with Gasteiger partial charge in [0.05, 0.1) is 0 Å². The van der Waals surface area contributed by atoms with Gasteiger partial charge < -0.3 is 9.64 Å². The molecule has 1 aromatic heterocycles. The van der Waals surface area contributed by atoms with Crippen LogP contribution in [0.4, 0.5) is 0 Å². The molecule has 3 rings (SSSR count). The third-order valence-electron chi connectivity index (χ3n) is 5.04. The highest BCUT2D eigenvalue weighted by Crippen LogP contribution is 2.25. The molecule has 6 nitrogen and oxygen atoms in total. The fraction of sp³-hybridized carbons (Fsp3) is 0.778. The van der Waals surface area contributed by atoms with Crippen molar-refractivity contribution in [1.82, 2.24) is 19.6 Å². The van der Waals surface area contributed by atoms with Crippen LogP contribution in [0.5, 0.6) is 0 Å². The van der Waals surface area contributed by atoms with Crippen LogP contribution in [0.2, 0.25) is 0 Å². The molecule has 134 valence electrons. The van der Waals surface area contributed by atoms with E-state index in [-0.39, 0.29) is 5.91 Å². The highest BCUT2D eigenvalue weighted by molar-refractivity contribution is 5.92. The summed E-state index contributed by atoms with van der Waals surface area (Å²) in [6.07, 6.45) is 4.09. The summed E-state index contributed by atoms with van der Waals surface area (Å²) >= 11 is 0. The SMILES string of the molecule is CCn1ccc(C(=O)N2CC(N(CC(C)C)C3CCOCC3)C2)n1. The Bertz CT molecular complexity index is 545. The number of carbonyl (C=O) groups is 1. The molecule has 2 aliphatic heterocycles. The standard InChI is InChI=1S/C18H30N4O2/c1-4-21-8-5-17(19-21)18(23)20-12-16(13-20)22(11-14(2)3)15-6-9-24-10-7-15/h5,8,14-16H,4,6-7,9-13H2,1-3H3. The largest absolute Gasteiger partial charge is 0.381 e. The Morgan fingerprint density at radius 1 is 1.33 bits per heavy atom. The minimum atomic E-state index is 0.0647. The lowest BCUT2D eigenvalue weighted by Gasteiger charge is -2.49. The molecule has 3 heterocycles. The first-order valence-corrected chi connectivity index (χ1v) is 9.24. The number of carbonyl (C=O) groups excluding carboxylic acids is 1. The summed E-state index contributed by atoms with van der Waals surface area (Å²) in [6.45, 7) is 11.8. The van der Waals surface area contributed by atoms with Crippen molar-refractivity contribution >= 4 is 5.91 Å². The molecule has 2 saturated heterocycles. The average Bonchev–Trinajstić information content (AvgIpc) is 3.02. The number of aromatic nitrogens is 2. The Labute approximate surface area is 144 Å². The fourth-order valence-corrected chi connectivity index (χ4v) is 3.68. The molecule has 0 bridgehead atoms. The van der Waals surface area contributed by atoms with E-state index in [1.54, 1.807) is 4.68 Å². The fourth-order valence-electron chi connectivity index (χ4n) is 3.68. The molecule has 0 N–H and O–H groups in total. The van der Waals surface area contributed by atoms with E-state index in [0.29, 0.717) is 23.7 Å². The number of aryl methyl sites for hydroxylation is 1. The smallest absolute Gasteiger partial charge is 0.274 e. The van der Waals surface area contributed by atoms with Crippen molar-refractivity contribution in [3.05, 3.63) is 18.0 Å². The molecule has 0 aromatic carbocycles. The molecule has 1 amide bonds. The number of likely N-dealkylation sites (tertiary alicyclic amines) is 1. The van der Waals surface area contributed by atoms with Gasteiger partial charge in [0, 0.05) is 57.7 Å². The average molecular weight is 334 g/mol. The predicted octanol–water partition coefficient (Wildman–Crippen LogP) is 1.86. The van der Waals surface area contributed by atoms with Crippen molar-refractivity contribution in [2.24, 2.45) is 5.92 Å². The van der Waals surface area contributed by atoms with Gasteiger partial charge in [-0.05, 0) is 31.7 Å². The molecule has 0 saturated carbocycles. The molecule has 0 atom stereocenters. The van der Waals surface area contributed by atoms with Gasteiger partial charge in [-0.1, -0.05) is 13.8 Å². The zero-order valence-electron chi connectivity index (χ0n) is 15.1. The molecule has 2 aliphatic rings. The second kappa shape index (κ2) is 7.66. The first-order valence-electron chi connectivity index (χ1n) is 9.24. The van der Waals surface area contributed by atoms with E-state index in [0.717, 1.165) is 52.2 Å². The highest BCUT2D eigenvalue weighted by Gasteiger charge is 2.39. The third-order valence-corrected chi connectivity index (χ3v) is 5.04. The number of hydrogen-bond acceptors (Lipinski definition) is 4. The maximum atomic E-state index is 12.5. The minimum Gasteiger partial charge on any atom is -0.381 e. The summed E-state index contributed by atoms with van der Waals surface area (Å²) in [4.78, 5) is 17.1. The van der Waals surface area contributed by atoms with Crippen molar-refractivity contribution in [3.8, 4) is 0 Å². The molecule has 2 fully saturated rings. The second-order valence-electron chi connectivity index (χ2n) is 7.35. The monoisotopic (exact) mass is 334 g/mol. The van der Waals surface area contributed by atoms with Crippen molar-refractivity contribution in [2.75, 3.05) is 32.8 Å². The maximum absolute atomic E-state index is 12.5. The Hall–Kier alpha value is -1.40. The van der Waals surface area contributed by atoms with Crippen molar-refractivity contribution in [3.63, 3.8) is 0 Å². The first-order chi connectivity index (χ1) is 11.6. The summed E-state index contributed by atoms with van der Waals surface area (Å²) in [5.41, 5.74) is 0.566. The quantitative estimate of drug-likeness (QED) is 0.797. The zero-order chi connectivity index (χ0) is 17.1. The first kappa shape index (κ1) is 17.4. The van der Waals surface area contributed by atoms with Gasteiger partial charge in [-0.25, -0.2) is 0 Å². The Kier molecular flexibility index (Phi) is 5.56. The van der Waals surface area contributed by atoms with Gasteiger partial charge in [0.15, 0.2) is 0 Å². The van der Waals surface area contributed by atoms with E-state index in [2.05, 4.69) is 23.8 Å². The summed E-state index contributed by atoms with van der Waals surface area (Å²) in [5, 5.41) is 4.34. The lowest BCUT2D eigenvalue weighted by Crippen LogP contribution is -2.64. The molecular formula is C18H30N4O2. The van der Waals surface area contributed by atoms with E-state index in [1.807, 2.05) is 24.1 Å². The number of nitrogens with zero attached hydrogens (tertiary/aromatic N) is 4. The lowest BCUT2D eigenvalue weighted by molar-refractivity contribution is -0.0295. The molecule has 24 heavy (non-hydrogen) atoms. The molecule has 0 radical (unpaired) electrons. The summed E-state index contributed by atoms with van der Waals surface area (Å²) < 4.78 is 7.32. The van der Waals surface area contributed by atoms with Crippen LogP contribution in [0, 0.1) is 5.92 Å². The van der Waals surface area contributed by atoms with Crippen LogP contribution in [0.15, 0.2) is 12.3 Å². The minimum absolute atomic E-state index is 0.0647. The molecule has 0 aliphatic carbocycles. The van der Waals surface area contributed by atoms with Crippen molar-refractivity contribution < 1.29 is 9.53 Å². The summed E-state index contributed by atoms with van der Waals surface area (Å²) in [6, 6.07) is 2.90. The van der Waals surface area contributed by atoms with Crippen LogP contribution in [0.25, 0.3) is 0 Å². The summed E-state index contributed by atoms with van der Waals surface area (Å²) in [5.74, 6) is 0.702. The van der Waals surface area contributed by atoms with Gasteiger partial charge in [-0.2, -0.15) is 5.10 Å². The van der Waals surface area contributed by atoms with E-state index in [1.165, 1.54) is 0 Å². The Balaban J connectivity index is 1.58. The maximum Gasteiger partial charge on any atom is 0.274 e. The Morgan fingerprint density at radius 2 is 2.04 bits per heavy atom. The van der Waals surface area contributed by atoms with Crippen LogP contribution in [-0.2, 0) is 11.3 Å². The van der Waals surface area contributed by atoms with Gasteiger partial charge in [0.25, 0.3) is 5.91 Å². The van der Waals surface area contributed by atoms with Gasteiger partial charge in [-0.3, -0.25) is 14.4 Å². The van der Waals surface area contributed by atoms with Crippen LogP contribution in [0.1, 0.15) is 44.1 Å². The molecular weight excluding hydrogens is 304 g/mol. The molecule has 0 unspecified atom stereocenters. The number of hydrogen-bond donors (Lipinski definition) is 0. The lowest BCUT2D eigenvalue weighted by atomic mass is 9.98. The van der Waals surface area contributed by atoms with Crippen molar-refractivity contribution in [1.29, 1.82) is 0 Å². The molecule has 6 heteroatoms. The van der Waals surface area contributed by atoms with E-state index in [9.17, 15) is 4.79 Å². The predicted molar refractivity (Wildman–Crippen MR) is 93.0 cm³/mol. The number of ether oxygens (including phenoxy) is 1. The number of rotatable bonds is 6. The Morgan fingerprint density at radius 3 is 2.62 bits per heavy atom. The van der Waals surface area contributed by atoms with E-state index in [4.69, 9.17) is 4.74 Å². The van der Waals surface area contributed by atoms with Gasteiger partial charge >= 0.3 is 0 Å². The molecule has 0 spiro atoms. The van der Waals surface area contributed by atoms with Crippen LogP contribution in [0.3, 0.4) is 0 Å². The zero-order valence-corrected chi connectivity index (χ0v) is 15.1. The number of amides is 1. The van der Waals surface area contributed by atoms with Crippen LogP contribution in [-0.4, -0.2) is 70.4 Å². The van der Waals surface area contributed by atoms with E-state index >= 15 is 0 Å². The van der Waals surface area contributed by atoms with E-state index < -0.39 is 0 Å². The highest BCUT2D eigenvalue weighted by atomic mass is 16.5. The third kappa shape index (κ3) is 3.81. The van der Waals surface area contributed by atoms with Crippen LogP contribution < -0.4 is 0 Å². The van der Waals surface area contributed by atoms with Gasteiger partial charge in [-0.15, -0.1) is 0 Å². The van der Waals surface area contributed by atoms with Gasteiger partial charge in [0.1, 0.15) is 5.69 Å². The topological polar surface area (TPSA) is 50.6 Å². The van der Waals surface area contributed by atoms with Crippen molar-refractivity contribution in [2.45, 2.75) is 52.2 Å². The van der Waals surface area contributed by atoms with Crippen LogP contribution >= 0.6 is 0 Å².